The zero-order valence-electron chi connectivity index (χ0n) is 10.3. The van der Waals surface area contributed by atoms with Gasteiger partial charge in [-0.3, -0.25) is 4.79 Å². The molecule has 0 aromatic heterocycles. The van der Waals surface area contributed by atoms with Crippen LogP contribution in [0.25, 0.3) is 0 Å². The van der Waals surface area contributed by atoms with Crippen LogP contribution in [-0.4, -0.2) is 49.1 Å². The van der Waals surface area contributed by atoms with Crippen molar-refractivity contribution in [3.05, 3.63) is 0 Å². The van der Waals surface area contributed by atoms with Gasteiger partial charge in [0.1, 0.15) is 0 Å². The fraction of sp³-hybridized carbons (Fsp3) is 0.917. The molecule has 0 saturated carbocycles. The van der Waals surface area contributed by atoms with Crippen LogP contribution in [0.3, 0.4) is 0 Å². The predicted molar refractivity (Wildman–Crippen MR) is 64.3 cm³/mol. The van der Waals surface area contributed by atoms with E-state index in [1.165, 1.54) is 25.7 Å². The Labute approximate surface area is 97.8 Å². The van der Waals surface area contributed by atoms with E-state index in [9.17, 15) is 4.79 Å². The molecule has 2 rings (SSSR count). The first-order valence-electron chi connectivity index (χ1n) is 6.42. The van der Waals surface area contributed by atoms with Gasteiger partial charge in [-0.25, -0.2) is 0 Å². The molecule has 4 heteroatoms. The van der Waals surface area contributed by atoms with Crippen molar-refractivity contribution >= 4 is 5.91 Å². The molecular weight excluding hydrogens is 202 g/mol. The third-order valence-electron chi connectivity index (χ3n) is 4.02. The van der Waals surface area contributed by atoms with Crippen LogP contribution in [0.5, 0.6) is 0 Å². The molecule has 2 bridgehead atoms. The van der Waals surface area contributed by atoms with Crippen molar-refractivity contribution in [3.63, 3.8) is 0 Å². The quantitative estimate of drug-likeness (QED) is 0.725. The number of fused-ring (bicyclic) bond motifs is 2. The molecule has 4 nitrogen and oxygen atoms in total. The average molecular weight is 225 g/mol. The molecule has 2 aliphatic rings. The molecule has 1 amide bonds. The average Bonchev–Trinajstić information content (AvgIpc) is 2.52. The molecule has 2 aliphatic heterocycles. The van der Waals surface area contributed by atoms with Gasteiger partial charge in [-0.05, 0) is 39.7 Å². The van der Waals surface area contributed by atoms with Gasteiger partial charge in [0.2, 0.25) is 5.91 Å². The lowest BCUT2D eigenvalue weighted by Crippen LogP contribution is -2.49. The Balaban J connectivity index is 1.74. The smallest absolute Gasteiger partial charge is 0.233 e. The standard InChI is InChI=1S/C12H23N3O/c1-3-13-12(16)8-14-9-6-10-4-5-11(7-9)15(10)2/h9-11,14H,3-8H2,1-2H3,(H,13,16). The molecule has 92 valence electrons. The number of rotatable bonds is 4. The molecule has 2 unspecified atom stereocenters. The number of hydrogen-bond acceptors (Lipinski definition) is 3. The van der Waals surface area contributed by atoms with Gasteiger partial charge in [-0.2, -0.15) is 0 Å². The SMILES string of the molecule is CCNC(=O)CNC1CC2CCC(C1)N2C. The molecule has 0 aliphatic carbocycles. The second-order valence-electron chi connectivity index (χ2n) is 5.05. The van der Waals surface area contributed by atoms with Gasteiger partial charge in [0.15, 0.2) is 0 Å². The summed E-state index contributed by atoms with van der Waals surface area (Å²) < 4.78 is 0. The number of nitrogens with one attached hydrogen (secondary N) is 2. The van der Waals surface area contributed by atoms with Crippen LogP contribution in [0, 0.1) is 0 Å². The van der Waals surface area contributed by atoms with Crippen LogP contribution in [0.4, 0.5) is 0 Å². The third kappa shape index (κ3) is 2.55. The lowest BCUT2D eigenvalue weighted by atomic mass is 9.98. The first-order chi connectivity index (χ1) is 7.70. The molecule has 2 fully saturated rings. The van der Waals surface area contributed by atoms with E-state index in [1.54, 1.807) is 0 Å². The highest BCUT2D eigenvalue weighted by Gasteiger charge is 2.38. The minimum absolute atomic E-state index is 0.119. The molecule has 2 N–H and O–H groups in total. The van der Waals surface area contributed by atoms with Crippen molar-refractivity contribution in [3.8, 4) is 0 Å². The first-order valence-corrected chi connectivity index (χ1v) is 6.42. The zero-order chi connectivity index (χ0) is 11.5. The minimum Gasteiger partial charge on any atom is -0.355 e. The van der Waals surface area contributed by atoms with Crippen molar-refractivity contribution in [2.75, 3.05) is 20.1 Å². The van der Waals surface area contributed by atoms with Crippen molar-refractivity contribution in [2.45, 2.75) is 50.7 Å². The number of amides is 1. The highest BCUT2D eigenvalue weighted by molar-refractivity contribution is 5.77. The maximum Gasteiger partial charge on any atom is 0.233 e. The summed E-state index contributed by atoms with van der Waals surface area (Å²) in [5.74, 6) is 0.119. The Hall–Kier alpha value is -0.610. The Morgan fingerprint density at radius 1 is 1.31 bits per heavy atom. The van der Waals surface area contributed by atoms with Crippen LogP contribution in [-0.2, 0) is 4.79 Å². The monoisotopic (exact) mass is 225 g/mol. The van der Waals surface area contributed by atoms with Gasteiger partial charge < -0.3 is 15.5 Å². The van der Waals surface area contributed by atoms with Gasteiger partial charge in [-0.1, -0.05) is 0 Å². The maximum absolute atomic E-state index is 11.3. The normalized spacial score (nSPS) is 34.0. The summed E-state index contributed by atoms with van der Waals surface area (Å²) in [7, 11) is 2.24. The Morgan fingerprint density at radius 3 is 2.50 bits per heavy atom. The fourth-order valence-corrected chi connectivity index (χ4v) is 3.07. The van der Waals surface area contributed by atoms with Crippen molar-refractivity contribution < 1.29 is 4.79 Å². The van der Waals surface area contributed by atoms with Gasteiger partial charge >= 0.3 is 0 Å². The second kappa shape index (κ2) is 5.15. The maximum atomic E-state index is 11.3. The number of likely N-dealkylation sites (N-methyl/N-ethyl adjacent to an activating group) is 1. The molecule has 0 radical (unpaired) electrons. The van der Waals surface area contributed by atoms with E-state index in [4.69, 9.17) is 0 Å². The number of piperidine rings is 1. The summed E-state index contributed by atoms with van der Waals surface area (Å²) in [6, 6.07) is 2.02. The first kappa shape index (κ1) is 11.9. The van der Waals surface area contributed by atoms with Crippen molar-refractivity contribution in [1.29, 1.82) is 0 Å². The topological polar surface area (TPSA) is 44.4 Å². The number of nitrogens with zero attached hydrogens (tertiary/aromatic N) is 1. The third-order valence-corrected chi connectivity index (χ3v) is 4.02. The highest BCUT2D eigenvalue weighted by atomic mass is 16.1. The lowest BCUT2D eigenvalue weighted by molar-refractivity contribution is -0.120. The molecule has 2 heterocycles. The Bertz CT molecular complexity index is 243. The molecule has 0 aromatic rings. The van der Waals surface area contributed by atoms with E-state index in [0.717, 1.165) is 18.6 Å². The van der Waals surface area contributed by atoms with E-state index >= 15 is 0 Å². The Morgan fingerprint density at radius 2 is 1.94 bits per heavy atom. The van der Waals surface area contributed by atoms with Crippen LogP contribution in [0.15, 0.2) is 0 Å². The molecule has 2 saturated heterocycles. The van der Waals surface area contributed by atoms with Crippen LogP contribution < -0.4 is 10.6 Å². The zero-order valence-corrected chi connectivity index (χ0v) is 10.3. The van der Waals surface area contributed by atoms with E-state index in [-0.39, 0.29) is 5.91 Å². The van der Waals surface area contributed by atoms with Crippen LogP contribution >= 0.6 is 0 Å². The van der Waals surface area contributed by atoms with Gasteiger partial charge in [-0.15, -0.1) is 0 Å². The summed E-state index contributed by atoms with van der Waals surface area (Å²) in [6.45, 7) is 3.15. The summed E-state index contributed by atoms with van der Waals surface area (Å²) >= 11 is 0. The summed E-state index contributed by atoms with van der Waals surface area (Å²) in [4.78, 5) is 13.9. The van der Waals surface area contributed by atoms with Gasteiger partial charge in [0, 0.05) is 24.7 Å². The highest BCUT2D eigenvalue weighted by Crippen LogP contribution is 2.33. The molecule has 2 atom stereocenters. The molecular formula is C12H23N3O. The van der Waals surface area contributed by atoms with Crippen LogP contribution in [0.2, 0.25) is 0 Å². The van der Waals surface area contributed by atoms with Crippen molar-refractivity contribution in [2.24, 2.45) is 0 Å². The second-order valence-corrected chi connectivity index (χ2v) is 5.05. The summed E-state index contributed by atoms with van der Waals surface area (Å²) in [6.07, 6.45) is 5.07. The van der Waals surface area contributed by atoms with E-state index in [0.29, 0.717) is 12.6 Å². The number of hydrogen-bond donors (Lipinski definition) is 2. The van der Waals surface area contributed by atoms with E-state index < -0.39 is 0 Å². The van der Waals surface area contributed by atoms with Gasteiger partial charge in [0.05, 0.1) is 6.54 Å². The summed E-state index contributed by atoms with van der Waals surface area (Å²) in [5, 5.41) is 6.21. The minimum atomic E-state index is 0.119. The van der Waals surface area contributed by atoms with Crippen molar-refractivity contribution in [1.82, 2.24) is 15.5 Å². The number of carbonyl (C=O) groups is 1. The summed E-state index contributed by atoms with van der Waals surface area (Å²) in [5.41, 5.74) is 0. The lowest BCUT2D eigenvalue weighted by Gasteiger charge is -2.36. The predicted octanol–water partition coefficient (Wildman–Crippen LogP) is 0.337. The van der Waals surface area contributed by atoms with E-state index in [2.05, 4.69) is 22.6 Å². The largest absolute Gasteiger partial charge is 0.355 e. The molecule has 16 heavy (non-hydrogen) atoms. The fourth-order valence-electron chi connectivity index (χ4n) is 3.07. The van der Waals surface area contributed by atoms with E-state index in [1.807, 2.05) is 6.92 Å². The van der Waals surface area contributed by atoms with Gasteiger partial charge in [0.25, 0.3) is 0 Å². The number of carbonyl (C=O) groups excluding carboxylic acids is 1. The Kier molecular flexibility index (Phi) is 3.82. The molecule has 0 aromatic carbocycles. The van der Waals surface area contributed by atoms with Crippen LogP contribution in [0.1, 0.15) is 32.6 Å². The molecule has 0 spiro atoms.